The van der Waals surface area contributed by atoms with E-state index in [0.717, 1.165) is 40.7 Å². The van der Waals surface area contributed by atoms with Crippen molar-refractivity contribution in [2.45, 2.75) is 26.6 Å². The van der Waals surface area contributed by atoms with Crippen LogP contribution < -0.4 is 24.8 Å². The second-order valence-corrected chi connectivity index (χ2v) is 7.01. The molecule has 0 aliphatic carbocycles. The predicted molar refractivity (Wildman–Crippen MR) is 119 cm³/mol. The number of pyridine rings is 1. The lowest BCUT2D eigenvalue weighted by Gasteiger charge is -2.12. The first kappa shape index (κ1) is 20.5. The molecule has 31 heavy (non-hydrogen) atoms. The number of guanidine groups is 1. The molecule has 0 fully saturated rings. The summed E-state index contributed by atoms with van der Waals surface area (Å²) in [6.45, 7) is 4.72. The van der Waals surface area contributed by atoms with Crippen LogP contribution in [-0.2, 0) is 19.7 Å². The van der Waals surface area contributed by atoms with E-state index in [0.29, 0.717) is 25.6 Å². The highest BCUT2D eigenvalue weighted by Crippen LogP contribution is 2.32. The van der Waals surface area contributed by atoms with Gasteiger partial charge in [-0.1, -0.05) is 36.4 Å². The zero-order valence-corrected chi connectivity index (χ0v) is 17.5. The third-order valence-electron chi connectivity index (χ3n) is 4.69. The number of ether oxygens (including phenoxy) is 3. The summed E-state index contributed by atoms with van der Waals surface area (Å²) < 4.78 is 16.6. The van der Waals surface area contributed by atoms with Gasteiger partial charge >= 0.3 is 0 Å². The molecule has 2 N–H and O–H groups in total. The molecule has 0 radical (unpaired) electrons. The Morgan fingerprint density at radius 1 is 0.968 bits per heavy atom. The first-order chi connectivity index (χ1) is 15.3. The molecule has 3 aromatic rings. The standard InChI is InChI=1S/C24H26N4O3/c1-2-25-24(27-14-19-8-9-21-22(12-19)31-17-30-21)28-15-20-10-11-26-23(13-20)29-16-18-6-4-3-5-7-18/h3-13H,2,14-17H2,1H3,(H2,25,27,28). The summed E-state index contributed by atoms with van der Waals surface area (Å²) in [4.78, 5) is 8.98. The average Bonchev–Trinajstić information content (AvgIpc) is 3.28. The molecule has 1 aliphatic heterocycles. The summed E-state index contributed by atoms with van der Waals surface area (Å²) in [5.74, 6) is 2.89. The molecule has 0 amide bonds. The third kappa shape index (κ3) is 5.88. The van der Waals surface area contributed by atoms with E-state index in [1.165, 1.54) is 0 Å². The van der Waals surface area contributed by atoms with Crippen molar-refractivity contribution in [3.8, 4) is 17.4 Å². The molecule has 0 saturated heterocycles. The van der Waals surface area contributed by atoms with Gasteiger partial charge in [0.2, 0.25) is 12.7 Å². The molecule has 1 aliphatic rings. The first-order valence-electron chi connectivity index (χ1n) is 10.3. The van der Waals surface area contributed by atoms with Gasteiger partial charge in [0.25, 0.3) is 0 Å². The maximum atomic E-state index is 5.82. The van der Waals surface area contributed by atoms with Crippen molar-refractivity contribution in [3.63, 3.8) is 0 Å². The molecule has 2 heterocycles. The Morgan fingerprint density at radius 3 is 2.71 bits per heavy atom. The van der Waals surface area contributed by atoms with Gasteiger partial charge in [-0.3, -0.25) is 0 Å². The van der Waals surface area contributed by atoms with Crippen molar-refractivity contribution in [1.29, 1.82) is 0 Å². The van der Waals surface area contributed by atoms with Crippen LogP contribution in [0.5, 0.6) is 17.4 Å². The Morgan fingerprint density at radius 2 is 1.84 bits per heavy atom. The summed E-state index contributed by atoms with van der Waals surface area (Å²) in [5.41, 5.74) is 3.23. The number of aliphatic imine (C=N–C) groups is 1. The molecule has 4 rings (SSSR count). The van der Waals surface area contributed by atoms with Gasteiger partial charge in [-0.25, -0.2) is 9.98 Å². The van der Waals surface area contributed by atoms with E-state index < -0.39 is 0 Å². The topological polar surface area (TPSA) is 77.0 Å². The van der Waals surface area contributed by atoms with Gasteiger partial charge < -0.3 is 24.8 Å². The number of rotatable bonds is 8. The Bertz CT molecular complexity index is 1020. The third-order valence-corrected chi connectivity index (χ3v) is 4.69. The molecule has 0 saturated carbocycles. The fourth-order valence-electron chi connectivity index (χ4n) is 3.11. The predicted octanol–water partition coefficient (Wildman–Crippen LogP) is 3.64. The van der Waals surface area contributed by atoms with E-state index in [2.05, 4.69) is 20.6 Å². The van der Waals surface area contributed by atoms with Crippen LogP contribution in [0.3, 0.4) is 0 Å². The molecular weight excluding hydrogens is 392 g/mol. The van der Waals surface area contributed by atoms with Crippen LogP contribution in [0, 0.1) is 0 Å². The number of nitrogens with one attached hydrogen (secondary N) is 2. The van der Waals surface area contributed by atoms with Crippen LogP contribution in [0.2, 0.25) is 0 Å². The lowest BCUT2D eigenvalue weighted by molar-refractivity contribution is 0.174. The average molecular weight is 418 g/mol. The maximum Gasteiger partial charge on any atom is 0.231 e. The quantitative estimate of drug-likeness (QED) is 0.430. The lowest BCUT2D eigenvalue weighted by atomic mass is 10.2. The number of hydrogen-bond acceptors (Lipinski definition) is 5. The van der Waals surface area contributed by atoms with Crippen LogP contribution in [0.4, 0.5) is 0 Å². The highest BCUT2D eigenvalue weighted by atomic mass is 16.7. The number of fused-ring (bicyclic) bond motifs is 1. The van der Waals surface area contributed by atoms with E-state index in [1.54, 1.807) is 6.20 Å². The van der Waals surface area contributed by atoms with Crippen LogP contribution in [0.25, 0.3) is 0 Å². The molecule has 0 unspecified atom stereocenters. The van der Waals surface area contributed by atoms with Crippen molar-refractivity contribution < 1.29 is 14.2 Å². The normalized spacial score (nSPS) is 12.5. The minimum Gasteiger partial charge on any atom is -0.473 e. The van der Waals surface area contributed by atoms with Gasteiger partial charge in [-0.2, -0.15) is 0 Å². The van der Waals surface area contributed by atoms with Gasteiger partial charge in [0.1, 0.15) is 6.61 Å². The van der Waals surface area contributed by atoms with Crippen molar-refractivity contribution in [3.05, 3.63) is 83.6 Å². The number of nitrogens with zero attached hydrogens (tertiary/aromatic N) is 2. The molecule has 2 aromatic carbocycles. The highest BCUT2D eigenvalue weighted by molar-refractivity contribution is 5.79. The fourth-order valence-corrected chi connectivity index (χ4v) is 3.11. The van der Waals surface area contributed by atoms with Crippen LogP contribution in [-0.4, -0.2) is 24.3 Å². The van der Waals surface area contributed by atoms with E-state index in [4.69, 9.17) is 14.2 Å². The molecule has 0 spiro atoms. The maximum absolute atomic E-state index is 5.82. The van der Waals surface area contributed by atoms with E-state index >= 15 is 0 Å². The SMILES string of the molecule is CCNC(=NCc1ccc2c(c1)OCO2)NCc1ccnc(OCc2ccccc2)c1. The van der Waals surface area contributed by atoms with Gasteiger partial charge in [0, 0.05) is 25.4 Å². The smallest absolute Gasteiger partial charge is 0.231 e. The van der Waals surface area contributed by atoms with Crippen molar-refractivity contribution >= 4 is 5.96 Å². The molecule has 7 nitrogen and oxygen atoms in total. The molecular formula is C24H26N4O3. The minimum atomic E-state index is 0.273. The Hall–Kier alpha value is -3.74. The van der Waals surface area contributed by atoms with Gasteiger partial charge in [-0.05, 0) is 41.8 Å². The van der Waals surface area contributed by atoms with Crippen molar-refractivity contribution in [2.75, 3.05) is 13.3 Å². The molecule has 0 bridgehead atoms. The fraction of sp³-hybridized carbons (Fsp3) is 0.250. The summed E-state index contributed by atoms with van der Waals surface area (Å²) in [5, 5.41) is 6.63. The Balaban J connectivity index is 1.33. The summed E-state index contributed by atoms with van der Waals surface area (Å²) in [7, 11) is 0. The number of hydrogen-bond donors (Lipinski definition) is 2. The Kier molecular flexibility index (Phi) is 6.85. The number of benzene rings is 2. The van der Waals surface area contributed by atoms with E-state index in [-0.39, 0.29) is 6.79 Å². The van der Waals surface area contributed by atoms with Crippen molar-refractivity contribution in [1.82, 2.24) is 15.6 Å². The van der Waals surface area contributed by atoms with E-state index in [9.17, 15) is 0 Å². The summed E-state index contributed by atoms with van der Waals surface area (Å²) in [6.07, 6.45) is 1.76. The largest absolute Gasteiger partial charge is 0.473 e. The van der Waals surface area contributed by atoms with Gasteiger partial charge in [-0.15, -0.1) is 0 Å². The van der Waals surface area contributed by atoms with Gasteiger partial charge in [0.15, 0.2) is 17.5 Å². The van der Waals surface area contributed by atoms with Crippen LogP contribution in [0.15, 0.2) is 71.9 Å². The highest BCUT2D eigenvalue weighted by Gasteiger charge is 2.13. The van der Waals surface area contributed by atoms with Crippen LogP contribution >= 0.6 is 0 Å². The second-order valence-electron chi connectivity index (χ2n) is 7.01. The lowest BCUT2D eigenvalue weighted by Crippen LogP contribution is -2.36. The monoisotopic (exact) mass is 418 g/mol. The minimum absolute atomic E-state index is 0.273. The second kappa shape index (κ2) is 10.3. The van der Waals surface area contributed by atoms with Crippen LogP contribution in [0.1, 0.15) is 23.6 Å². The Labute approximate surface area is 182 Å². The molecule has 160 valence electrons. The zero-order valence-electron chi connectivity index (χ0n) is 17.5. The van der Waals surface area contributed by atoms with Gasteiger partial charge in [0.05, 0.1) is 6.54 Å². The molecule has 7 heteroatoms. The van der Waals surface area contributed by atoms with Crippen molar-refractivity contribution in [2.24, 2.45) is 4.99 Å². The molecule has 1 aromatic heterocycles. The zero-order chi connectivity index (χ0) is 21.3. The summed E-state index contributed by atoms with van der Waals surface area (Å²) in [6, 6.07) is 19.8. The summed E-state index contributed by atoms with van der Waals surface area (Å²) >= 11 is 0. The first-order valence-corrected chi connectivity index (χ1v) is 10.3. The number of aromatic nitrogens is 1. The molecule has 0 atom stereocenters. The van der Waals surface area contributed by atoms with E-state index in [1.807, 2.05) is 67.6 Å².